The maximum atomic E-state index is 5.79. The molecule has 0 aromatic heterocycles. The second kappa shape index (κ2) is 3.96. The Morgan fingerprint density at radius 2 is 1.92 bits per heavy atom. The summed E-state index contributed by atoms with van der Waals surface area (Å²) in [4.78, 5) is 0. The zero-order valence-corrected chi connectivity index (χ0v) is 11.3. The minimum Gasteiger partial charge on any atom is -0.547 e. The van der Waals surface area contributed by atoms with Crippen molar-refractivity contribution in [1.29, 1.82) is 0 Å². The van der Waals surface area contributed by atoms with Crippen molar-refractivity contribution in [2.45, 2.75) is 44.2 Å². The Morgan fingerprint density at radius 3 is 2.17 bits per heavy atom. The molecule has 0 aliphatic heterocycles. The summed E-state index contributed by atoms with van der Waals surface area (Å²) in [7, 11) is -1.48. The third kappa shape index (κ3) is 4.31. The minimum atomic E-state index is -1.48. The first-order valence-electron chi connectivity index (χ1n) is 4.26. The molecule has 0 aromatic rings. The van der Waals surface area contributed by atoms with Crippen LogP contribution in [0, 0.1) is 0 Å². The van der Waals surface area contributed by atoms with E-state index in [1.165, 1.54) is 0 Å². The van der Waals surface area contributed by atoms with Gasteiger partial charge in [0.15, 0.2) is 0 Å². The highest BCUT2D eigenvalue weighted by Gasteiger charge is 2.27. The number of hydrogen-bond donors (Lipinski definition) is 0. The highest BCUT2D eigenvalue weighted by molar-refractivity contribution is 9.10. The minimum absolute atomic E-state index is 0.0622. The molecule has 0 amide bonds. The Labute approximate surface area is 85.5 Å². The van der Waals surface area contributed by atoms with Crippen LogP contribution in [0.5, 0.6) is 0 Å². The summed E-state index contributed by atoms with van der Waals surface area (Å²) < 4.78 is 5.73. The molecular formula is C9H19BrOSi. The first kappa shape index (κ1) is 12.2. The van der Waals surface area contributed by atoms with Crippen LogP contribution in [0.4, 0.5) is 0 Å². The van der Waals surface area contributed by atoms with Gasteiger partial charge >= 0.3 is 0 Å². The summed E-state index contributed by atoms with van der Waals surface area (Å²) in [6.45, 7) is 14.7. The van der Waals surface area contributed by atoms with Crippen molar-refractivity contribution in [2.24, 2.45) is 0 Å². The Morgan fingerprint density at radius 1 is 1.50 bits per heavy atom. The molecule has 1 atom stereocenters. The molecule has 1 nitrogen and oxygen atoms in total. The van der Waals surface area contributed by atoms with Crippen molar-refractivity contribution >= 4 is 24.2 Å². The summed E-state index contributed by atoms with van der Waals surface area (Å²) in [5.41, 5.74) is 0. The number of alkyl halides is 1. The van der Waals surface area contributed by atoms with E-state index >= 15 is 0 Å². The fraction of sp³-hybridized carbons (Fsp3) is 0.778. The molecule has 0 saturated heterocycles. The quantitative estimate of drug-likeness (QED) is 0.418. The molecule has 0 aromatic carbocycles. The van der Waals surface area contributed by atoms with Gasteiger partial charge in [0.2, 0.25) is 8.32 Å². The molecule has 0 aliphatic carbocycles. The zero-order valence-electron chi connectivity index (χ0n) is 8.70. The molecule has 0 aliphatic rings. The third-order valence-corrected chi connectivity index (χ3v) is 3.54. The van der Waals surface area contributed by atoms with Crippen LogP contribution < -0.4 is 0 Å². The Bertz CT molecular complexity index is 170. The monoisotopic (exact) mass is 250 g/mol. The van der Waals surface area contributed by atoms with E-state index in [0.717, 1.165) is 12.2 Å². The van der Waals surface area contributed by atoms with E-state index in [9.17, 15) is 0 Å². The lowest BCUT2D eigenvalue weighted by atomic mass is 10.1. The fourth-order valence-corrected chi connectivity index (χ4v) is 1.87. The van der Waals surface area contributed by atoms with E-state index in [1.807, 2.05) is 0 Å². The third-order valence-electron chi connectivity index (χ3n) is 1.67. The van der Waals surface area contributed by atoms with E-state index < -0.39 is 8.32 Å². The van der Waals surface area contributed by atoms with Gasteiger partial charge in [-0.2, -0.15) is 0 Å². The highest BCUT2D eigenvalue weighted by atomic mass is 79.9. The van der Waals surface area contributed by atoms with E-state index in [-0.39, 0.29) is 4.32 Å². The molecule has 0 N–H and O–H groups in total. The average molecular weight is 251 g/mol. The van der Waals surface area contributed by atoms with Gasteiger partial charge in [-0.05, 0) is 33.0 Å². The maximum absolute atomic E-state index is 5.79. The van der Waals surface area contributed by atoms with Gasteiger partial charge < -0.3 is 4.43 Å². The molecule has 0 saturated carbocycles. The predicted octanol–water partition coefficient (Wildman–Crippen LogP) is 3.92. The lowest BCUT2D eigenvalue weighted by Gasteiger charge is -2.29. The molecule has 0 heterocycles. The van der Waals surface area contributed by atoms with E-state index in [0.29, 0.717) is 0 Å². The molecule has 12 heavy (non-hydrogen) atoms. The molecular weight excluding hydrogens is 232 g/mol. The smallest absolute Gasteiger partial charge is 0.241 e. The van der Waals surface area contributed by atoms with Crippen molar-refractivity contribution in [3.05, 3.63) is 12.3 Å². The first-order valence-corrected chi connectivity index (χ1v) is 8.46. The van der Waals surface area contributed by atoms with Gasteiger partial charge in [-0.1, -0.05) is 29.4 Å². The second-order valence-electron chi connectivity index (χ2n) is 4.19. The van der Waals surface area contributed by atoms with Crippen molar-refractivity contribution < 1.29 is 4.43 Å². The van der Waals surface area contributed by atoms with Crippen molar-refractivity contribution in [3.8, 4) is 0 Å². The number of rotatable bonds is 4. The molecule has 3 heteroatoms. The molecule has 0 fully saturated rings. The average Bonchev–Trinajstić information content (AvgIpc) is 1.84. The van der Waals surface area contributed by atoms with E-state index in [1.54, 1.807) is 0 Å². The van der Waals surface area contributed by atoms with Crippen LogP contribution in [0.15, 0.2) is 12.3 Å². The zero-order chi connectivity index (χ0) is 9.99. The highest BCUT2D eigenvalue weighted by Crippen LogP contribution is 2.31. The standard InChI is InChI=1S/C9H19BrOSi/c1-7-9(3,10)8(2)11-12(4,5)6/h2,7H2,1,3-6H3. The number of allylic oxidation sites excluding steroid dienone is 1. The first-order chi connectivity index (χ1) is 5.19. The van der Waals surface area contributed by atoms with Crippen LogP contribution in [0.2, 0.25) is 19.6 Å². The van der Waals surface area contributed by atoms with E-state index in [4.69, 9.17) is 4.43 Å². The van der Waals surface area contributed by atoms with Crippen LogP contribution in [-0.4, -0.2) is 12.6 Å². The SMILES string of the molecule is C=C(O[Si](C)(C)C)C(C)(Br)CC. The van der Waals surface area contributed by atoms with Crippen LogP contribution in [-0.2, 0) is 4.43 Å². The Kier molecular flexibility index (Phi) is 4.04. The summed E-state index contributed by atoms with van der Waals surface area (Å²) in [6, 6.07) is 0. The van der Waals surface area contributed by atoms with Crippen molar-refractivity contribution in [2.75, 3.05) is 0 Å². The molecule has 0 radical (unpaired) electrons. The largest absolute Gasteiger partial charge is 0.547 e. The Balaban J connectivity index is 4.23. The molecule has 72 valence electrons. The van der Waals surface area contributed by atoms with Gasteiger partial charge in [-0.15, -0.1) is 0 Å². The van der Waals surface area contributed by atoms with Gasteiger partial charge in [-0.25, -0.2) is 0 Å². The second-order valence-corrected chi connectivity index (χ2v) is 10.4. The van der Waals surface area contributed by atoms with Gasteiger partial charge in [0, 0.05) is 0 Å². The summed E-state index contributed by atoms with van der Waals surface area (Å²) in [5, 5.41) is 0. The van der Waals surface area contributed by atoms with Crippen LogP contribution >= 0.6 is 15.9 Å². The molecule has 0 bridgehead atoms. The number of hydrogen-bond acceptors (Lipinski definition) is 1. The Hall–Kier alpha value is 0.237. The lowest BCUT2D eigenvalue weighted by molar-refractivity contribution is 0.372. The van der Waals surface area contributed by atoms with Crippen LogP contribution in [0.1, 0.15) is 20.3 Å². The molecule has 0 rings (SSSR count). The summed E-state index contributed by atoms with van der Waals surface area (Å²) in [5.74, 6) is 0.865. The van der Waals surface area contributed by atoms with Gasteiger partial charge in [-0.3, -0.25) is 0 Å². The molecule has 0 spiro atoms. The van der Waals surface area contributed by atoms with Crippen molar-refractivity contribution in [3.63, 3.8) is 0 Å². The number of halogens is 1. The predicted molar refractivity (Wildman–Crippen MR) is 61.2 cm³/mol. The topological polar surface area (TPSA) is 9.23 Å². The van der Waals surface area contributed by atoms with Crippen LogP contribution in [0.25, 0.3) is 0 Å². The lowest BCUT2D eigenvalue weighted by Crippen LogP contribution is -2.31. The van der Waals surface area contributed by atoms with Gasteiger partial charge in [0.25, 0.3) is 0 Å². The summed E-state index contributed by atoms with van der Waals surface area (Å²) >= 11 is 3.60. The maximum Gasteiger partial charge on any atom is 0.241 e. The molecule has 1 unspecified atom stereocenters. The van der Waals surface area contributed by atoms with Gasteiger partial charge in [0.1, 0.15) is 0 Å². The summed E-state index contributed by atoms with van der Waals surface area (Å²) in [6.07, 6.45) is 0.996. The van der Waals surface area contributed by atoms with Crippen molar-refractivity contribution in [1.82, 2.24) is 0 Å². The fourth-order valence-electron chi connectivity index (χ4n) is 0.673. The normalized spacial score (nSPS) is 16.8. The van der Waals surface area contributed by atoms with E-state index in [2.05, 4.69) is 56.0 Å². The van der Waals surface area contributed by atoms with Gasteiger partial charge in [0.05, 0.1) is 10.1 Å². The van der Waals surface area contributed by atoms with Crippen LogP contribution in [0.3, 0.4) is 0 Å².